The number of rotatable bonds is 6. The van der Waals surface area contributed by atoms with Gasteiger partial charge in [-0.15, -0.1) is 11.3 Å². The number of sulfonamides is 1. The Bertz CT molecular complexity index is 967. The van der Waals surface area contributed by atoms with E-state index >= 15 is 0 Å². The second-order valence-electron chi connectivity index (χ2n) is 5.72. The summed E-state index contributed by atoms with van der Waals surface area (Å²) < 4.78 is 27.2. The summed E-state index contributed by atoms with van der Waals surface area (Å²) >= 11 is 1.15. The lowest BCUT2D eigenvalue weighted by Crippen LogP contribution is -2.26. The lowest BCUT2D eigenvalue weighted by Gasteiger charge is -2.14. The Hall–Kier alpha value is -2.64. The topological polar surface area (TPSA) is 75.3 Å². The van der Waals surface area contributed by atoms with E-state index in [9.17, 15) is 13.2 Å². The quantitative estimate of drug-likeness (QED) is 0.671. The summed E-state index contributed by atoms with van der Waals surface area (Å²) in [6.07, 6.45) is 0. The average Bonchev–Trinajstić information content (AvgIpc) is 3.18. The average molecular weight is 386 g/mol. The van der Waals surface area contributed by atoms with Crippen molar-refractivity contribution in [2.24, 2.45) is 0 Å². The Morgan fingerprint density at radius 1 is 0.962 bits per heavy atom. The Balaban J connectivity index is 1.66. The summed E-state index contributed by atoms with van der Waals surface area (Å²) in [6.45, 7) is 1.91. The molecule has 0 unspecified atom stereocenters. The van der Waals surface area contributed by atoms with Gasteiger partial charge in [-0.05, 0) is 48.2 Å². The molecule has 0 bridgehead atoms. The van der Waals surface area contributed by atoms with E-state index in [-0.39, 0.29) is 16.2 Å². The second-order valence-corrected chi connectivity index (χ2v) is 8.58. The number of thiophene rings is 1. The largest absolute Gasteiger partial charge is 0.346 e. The van der Waals surface area contributed by atoms with Crippen LogP contribution in [0.15, 0.2) is 76.3 Å². The highest BCUT2D eigenvalue weighted by Crippen LogP contribution is 2.20. The van der Waals surface area contributed by atoms with Gasteiger partial charge in [-0.25, -0.2) is 8.42 Å². The van der Waals surface area contributed by atoms with Gasteiger partial charge in [-0.3, -0.25) is 9.52 Å². The van der Waals surface area contributed by atoms with Gasteiger partial charge in [0.25, 0.3) is 15.9 Å². The Kier molecular flexibility index (Phi) is 5.39. The van der Waals surface area contributed by atoms with E-state index < -0.39 is 10.0 Å². The first-order valence-electron chi connectivity index (χ1n) is 7.98. The van der Waals surface area contributed by atoms with E-state index in [1.165, 1.54) is 0 Å². The van der Waals surface area contributed by atoms with Crippen LogP contribution in [0, 0.1) is 0 Å². The van der Waals surface area contributed by atoms with E-state index in [4.69, 9.17) is 0 Å². The van der Waals surface area contributed by atoms with Crippen LogP contribution in [-0.2, 0) is 10.0 Å². The number of benzene rings is 2. The SMILES string of the molecule is C[C@H](NC(=O)c1ccc(NS(=O)(=O)c2cccs2)cc1)c1ccccc1. The van der Waals surface area contributed by atoms with E-state index in [0.29, 0.717) is 11.3 Å². The number of hydrogen-bond acceptors (Lipinski definition) is 4. The minimum atomic E-state index is -3.59. The molecule has 2 aromatic carbocycles. The molecule has 0 fully saturated rings. The zero-order chi connectivity index (χ0) is 18.6. The van der Waals surface area contributed by atoms with Crippen molar-refractivity contribution < 1.29 is 13.2 Å². The molecule has 0 saturated heterocycles. The normalized spacial score (nSPS) is 12.3. The molecule has 2 N–H and O–H groups in total. The maximum absolute atomic E-state index is 12.4. The molecule has 0 aliphatic carbocycles. The van der Waals surface area contributed by atoms with Crippen molar-refractivity contribution in [3.8, 4) is 0 Å². The molecule has 134 valence electrons. The maximum Gasteiger partial charge on any atom is 0.271 e. The number of carbonyl (C=O) groups excluding carboxylic acids is 1. The molecular formula is C19H18N2O3S2. The standard InChI is InChI=1S/C19H18N2O3S2/c1-14(15-6-3-2-4-7-15)20-19(22)16-9-11-17(12-10-16)21-26(23,24)18-8-5-13-25-18/h2-14,21H,1H3,(H,20,22)/t14-/m0/s1. The smallest absolute Gasteiger partial charge is 0.271 e. The van der Waals surface area contributed by atoms with Gasteiger partial charge < -0.3 is 5.32 Å². The van der Waals surface area contributed by atoms with Gasteiger partial charge in [0.1, 0.15) is 4.21 Å². The minimum absolute atomic E-state index is 0.124. The predicted octanol–water partition coefficient (Wildman–Crippen LogP) is 4.04. The third-order valence-electron chi connectivity index (χ3n) is 3.81. The van der Waals surface area contributed by atoms with Crippen LogP contribution in [0.25, 0.3) is 0 Å². The molecule has 1 aromatic heterocycles. The first kappa shape index (κ1) is 18.2. The molecule has 0 radical (unpaired) electrons. The molecule has 26 heavy (non-hydrogen) atoms. The molecule has 0 saturated carbocycles. The maximum atomic E-state index is 12.4. The number of hydrogen-bond donors (Lipinski definition) is 2. The van der Waals surface area contributed by atoms with Crippen LogP contribution in [-0.4, -0.2) is 14.3 Å². The van der Waals surface area contributed by atoms with E-state index in [2.05, 4.69) is 10.0 Å². The first-order chi connectivity index (χ1) is 12.5. The number of anilines is 1. The highest BCUT2D eigenvalue weighted by atomic mass is 32.2. The molecule has 1 atom stereocenters. The van der Waals surface area contributed by atoms with Crippen molar-refractivity contribution in [3.05, 3.63) is 83.2 Å². The lowest BCUT2D eigenvalue weighted by atomic mass is 10.1. The van der Waals surface area contributed by atoms with Gasteiger partial charge in [-0.2, -0.15) is 0 Å². The van der Waals surface area contributed by atoms with Crippen LogP contribution in [0.3, 0.4) is 0 Å². The number of amides is 1. The predicted molar refractivity (Wildman–Crippen MR) is 104 cm³/mol. The molecule has 7 heteroatoms. The summed E-state index contributed by atoms with van der Waals surface area (Å²) in [6, 6.07) is 19.1. The van der Waals surface area contributed by atoms with Crippen LogP contribution in [0.4, 0.5) is 5.69 Å². The molecule has 3 aromatic rings. The molecule has 0 aliphatic heterocycles. The highest BCUT2D eigenvalue weighted by Gasteiger charge is 2.16. The molecule has 5 nitrogen and oxygen atoms in total. The third kappa shape index (κ3) is 4.30. The fraction of sp³-hybridized carbons (Fsp3) is 0.105. The fourth-order valence-corrected chi connectivity index (χ4v) is 4.47. The Labute approximate surface area is 156 Å². The second kappa shape index (κ2) is 7.72. The summed E-state index contributed by atoms with van der Waals surface area (Å²) in [4.78, 5) is 12.4. The monoisotopic (exact) mass is 386 g/mol. The molecule has 0 aliphatic rings. The molecule has 3 rings (SSSR count). The van der Waals surface area contributed by atoms with Crippen LogP contribution in [0.2, 0.25) is 0 Å². The molecular weight excluding hydrogens is 368 g/mol. The highest BCUT2D eigenvalue weighted by molar-refractivity contribution is 7.94. The van der Waals surface area contributed by atoms with Gasteiger partial charge >= 0.3 is 0 Å². The van der Waals surface area contributed by atoms with Crippen molar-refractivity contribution in [1.29, 1.82) is 0 Å². The zero-order valence-corrected chi connectivity index (χ0v) is 15.7. The molecule has 1 heterocycles. The fourth-order valence-electron chi connectivity index (χ4n) is 2.42. The lowest BCUT2D eigenvalue weighted by molar-refractivity contribution is 0.0940. The third-order valence-corrected chi connectivity index (χ3v) is 6.59. The zero-order valence-electron chi connectivity index (χ0n) is 14.0. The van der Waals surface area contributed by atoms with E-state index in [1.807, 2.05) is 37.3 Å². The first-order valence-corrected chi connectivity index (χ1v) is 10.3. The molecule has 1 amide bonds. The van der Waals surface area contributed by atoms with Crippen molar-refractivity contribution in [3.63, 3.8) is 0 Å². The van der Waals surface area contributed by atoms with Gasteiger partial charge in [0.05, 0.1) is 6.04 Å². The van der Waals surface area contributed by atoms with Crippen LogP contribution in [0.1, 0.15) is 28.9 Å². The Morgan fingerprint density at radius 2 is 1.65 bits per heavy atom. The van der Waals surface area contributed by atoms with E-state index in [0.717, 1.165) is 16.9 Å². The van der Waals surface area contributed by atoms with Crippen molar-refractivity contribution in [1.82, 2.24) is 5.32 Å². The Morgan fingerprint density at radius 3 is 2.27 bits per heavy atom. The van der Waals surface area contributed by atoms with Gasteiger partial charge in [0.15, 0.2) is 0 Å². The minimum Gasteiger partial charge on any atom is -0.346 e. The summed E-state index contributed by atoms with van der Waals surface area (Å²) in [7, 11) is -3.59. The van der Waals surface area contributed by atoms with Crippen molar-refractivity contribution >= 4 is 33.0 Å². The van der Waals surface area contributed by atoms with Crippen molar-refractivity contribution in [2.45, 2.75) is 17.2 Å². The van der Waals surface area contributed by atoms with Crippen LogP contribution in [0.5, 0.6) is 0 Å². The number of carbonyl (C=O) groups is 1. The summed E-state index contributed by atoms with van der Waals surface area (Å²) in [5, 5.41) is 4.63. The van der Waals surface area contributed by atoms with Crippen molar-refractivity contribution in [2.75, 3.05) is 4.72 Å². The van der Waals surface area contributed by atoms with E-state index in [1.54, 1.807) is 41.8 Å². The van der Waals surface area contributed by atoms with Gasteiger partial charge in [0, 0.05) is 11.3 Å². The van der Waals surface area contributed by atoms with Crippen LogP contribution >= 0.6 is 11.3 Å². The summed E-state index contributed by atoms with van der Waals surface area (Å²) in [5.74, 6) is -0.214. The number of nitrogens with one attached hydrogen (secondary N) is 2. The van der Waals surface area contributed by atoms with Crippen LogP contribution < -0.4 is 10.0 Å². The summed E-state index contributed by atoms with van der Waals surface area (Å²) in [5.41, 5.74) is 1.89. The van der Waals surface area contributed by atoms with Gasteiger partial charge in [-0.1, -0.05) is 36.4 Å². The molecule has 0 spiro atoms. The van der Waals surface area contributed by atoms with Gasteiger partial charge in [0.2, 0.25) is 0 Å².